The molecule has 1 aromatic carbocycles. The van der Waals surface area contributed by atoms with Crippen LogP contribution in [0.1, 0.15) is 24.2 Å². The second-order valence-corrected chi connectivity index (χ2v) is 7.31. The van der Waals surface area contributed by atoms with Crippen molar-refractivity contribution in [2.45, 2.75) is 31.8 Å². The third-order valence-electron chi connectivity index (χ3n) is 5.19. The van der Waals surface area contributed by atoms with Gasteiger partial charge < -0.3 is 14.5 Å². The van der Waals surface area contributed by atoms with Gasteiger partial charge in [-0.25, -0.2) is 4.79 Å². The topological polar surface area (TPSA) is 93.5 Å². The van der Waals surface area contributed by atoms with Crippen molar-refractivity contribution in [1.82, 2.24) is 30.0 Å². The Morgan fingerprint density at radius 3 is 2.67 bits per heavy atom. The van der Waals surface area contributed by atoms with Crippen LogP contribution in [0.3, 0.4) is 0 Å². The zero-order valence-electron chi connectivity index (χ0n) is 15.5. The maximum Gasteiger partial charge on any atom is 0.410 e. The molecule has 1 atom stereocenters. The molecule has 0 saturated carbocycles. The molecule has 0 aliphatic carbocycles. The Balaban J connectivity index is 1.42. The molecule has 9 heteroatoms. The van der Waals surface area contributed by atoms with Gasteiger partial charge >= 0.3 is 6.09 Å². The summed E-state index contributed by atoms with van der Waals surface area (Å²) in [6, 6.07) is 7.63. The summed E-state index contributed by atoms with van der Waals surface area (Å²) in [7, 11) is 1.73. The summed E-state index contributed by atoms with van der Waals surface area (Å²) in [6.07, 6.45) is 1.64. The number of aromatic nitrogens is 4. The molecule has 2 aliphatic heterocycles. The maximum absolute atomic E-state index is 12.8. The molecule has 4 rings (SSSR count). The van der Waals surface area contributed by atoms with E-state index in [2.05, 4.69) is 15.5 Å². The van der Waals surface area contributed by atoms with Gasteiger partial charge in [-0.05, 0) is 47.9 Å². The number of aryl methyl sites for hydroxylation is 1. The lowest BCUT2D eigenvalue weighted by Crippen LogP contribution is -2.52. The first kappa shape index (κ1) is 17.4. The number of hydrogen-bond donors (Lipinski definition) is 0. The summed E-state index contributed by atoms with van der Waals surface area (Å²) < 4.78 is 7.22. The fraction of sp³-hybridized carbons (Fsp3) is 0.500. The zero-order chi connectivity index (χ0) is 19.0. The minimum atomic E-state index is -0.554. The van der Waals surface area contributed by atoms with Crippen molar-refractivity contribution in [2.24, 2.45) is 0 Å². The first-order valence-corrected chi connectivity index (χ1v) is 9.02. The van der Waals surface area contributed by atoms with Crippen molar-refractivity contribution in [3.8, 4) is 5.69 Å². The number of ether oxygens (including phenoxy) is 1. The number of rotatable bonds is 3. The van der Waals surface area contributed by atoms with E-state index in [0.29, 0.717) is 31.9 Å². The van der Waals surface area contributed by atoms with Gasteiger partial charge in [-0.2, -0.15) is 4.68 Å². The third kappa shape index (κ3) is 3.36. The minimum Gasteiger partial charge on any atom is -0.439 e. The molecule has 9 nitrogen and oxygen atoms in total. The van der Waals surface area contributed by atoms with Crippen LogP contribution in [0, 0.1) is 6.92 Å². The van der Waals surface area contributed by atoms with Gasteiger partial charge in [0.25, 0.3) is 0 Å². The number of amides is 2. The first-order valence-electron chi connectivity index (χ1n) is 9.02. The number of carbonyl (C=O) groups is 2. The molecule has 2 saturated heterocycles. The highest BCUT2D eigenvalue weighted by atomic mass is 16.6. The summed E-state index contributed by atoms with van der Waals surface area (Å²) in [5.41, 5.74) is 1.22. The number of likely N-dealkylation sites (N-methyl/N-ethyl adjacent to an activating group) is 1. The fourth-order valence-corrected chi connectivity index (χ4v) is 3.83. The number of tetrazole rings is 1. The van der Waals surface area contributed by atoms with Crippen LogP contribution in [0.5, 0.6) is 0 Å². The van der Waals surface area contributed by atoms with Gasteiger partial charge in [-0.1, -0.05) is 12.1 Å². The quantitative estimate of drug-likeness (QED) is 0.799. The standard InChI is InChI=1S/C18H22N6O3/c1-13-19-20-21-24(13)15-6-4-14(5-7-15)10-16(25)23-9-3-8-18(12-23)11-22(2)17(26)27-18/h4-7H,3,8-12H2,1-2H3. The summed E-state index contributed by atoms with van der Waals surface area (Å²) in [5.74, 6) is 0.750. The average Bonchev–Trinajstić information content (AvgIpc) is 3.19. The van der Waals surface area contributed by atoms with Crippen LogP contribution in [0.15, 0.2) is 24.3 Å². The Bertz CT molecular complexity index is 864. The summed E-state index contributed by atoms with van der Waals surface area (Å²) >= 11 is 0. The van der Waals surface area contributed by atoms with Crippen molar-refractivity contribution in [1.29, 1.82) is 0 Å². The van der Waals surface area contributed by atoms with Crippen molar-refractivity contribution in [3.63, 3.8) is 0 Å². The Labute approximate surface area is 156 Å². The van der Waals surface area contributed by atoms with Gasteiger partial charge in [0.1, 0.15) is 5.60 Å². The molecule has 1 aromatic heterocycles. The highest BCUT2D eigenvalue weighted by Gasteiger charge is 2.47. The van der Waals surface area contributed by atoms with Crippen LogP contribution in [0.25, 0.3) is 5.69 Å². The number of hydrogen-bond acceptors (Lipinski definition) is 6. The van der Waals surface area contributed by atoms with Crippen LogP contribution in [0.2, 0.25) is 0 Å². The predicted octanol–water partition coefficient (Wildman–Crippen LogP) is 0.956. The minimum absolute atomic E-state index is 0.0473. The van der Waals surface area contributed by atoms with E-state index in [-0.39, 0.29) is 12.0 Å². The third-order valence-corrected chi connectivity index (χ3v) is 5.19. The van der Waals surface area contributed by atoms with Crippen molar-refractivity contribution < 1.29 is 14.3 Å². The predicted molar refractivity (Wildman–Crippen MR) is 95.3 cm³/mol. The molecule has 0 bridgehead atoms. The Kier molecular flexibility index (Phi) is 4.29. The van der Waals surface area contributed by atoms with E-state index >= 15 is 0 Å². The Morgan fingerprint density at radius 2 is 2.04 bits per heavy atom. The highest BCUT2D eigenvalue weighted by Crippen LogP contribution is 2.31. The normalized spacial score (nSPS) is 22.4. The second-order valence-electron chi connectivity index (χ2n) is 7.31. The van der Waals surface area contributed by atoms with Crippen molar-refractivity contribution in [2.75, 3.05) is 26.7 Å². The number of likely N-dealkylation sites (tertiary alicyclic amines) is 1. The molecule has 0 radical (unpaired) electrons. The molecule has 142 valence electrons. The van der Waals surface area contributed by atoms with Crippen LogP contribution < -0.4 is 0 Å². The van der Waals surface area contributed by atoms with E-state index < -0.39 is 5.60 Å². The smallest absolute Gasteiger partial charge is 0.410 e. The maximum atomic E-state index is 12.8. The largest absolute Gasteiger partial charge is 0.439 e. The van der Waals surface area contributed by atoms with Crippen molar-refractivity contribution >= 4 is 12.0 Å². The highest BCUT2D eigenvalue weighted by molar-refractivity contribution is 5.79. The van der Waals surface area contributed by atoms with Crippen LogP contribution in [0.4, 0.5) is 4.79 Å². The Hall–Kier alpha value is -2.97. The molecule has 1 spiro atoms. The molecule has 2 aliphatic rings. The fourth-order valence-electron chi connectivity index (χ4n) is 3.83. The molecule has 0 N–H and O–H groups in total. The summed E-state index contributed by atoms with van der Waals surface area (Å²) in [4.78, 5) is 27.9. The van der Waals surface area contributed by atoms with Gasteiger partial charge in [-0.15, -0.1) is 5.10 Å². The SMILES string of the molecule is Cc1nnnn1-c1ccc(CC(=O)N2CCCC3(CN(C)C(=O)O3)C2)cc1. The number of benzene rings is 1. The number of piperidine rings is 1. The molecule has 3 heterocycles. The average molecular weight is 370 g/mol. The molecular weight excluding hydrogens is 348 g/mol. The lowest BCUT2D eigenvalue weighted by atomic mass is 9.92. The molecular formula is C18H22N6O3. The van der Waals surface area contributed by atoms with E-state index in [0.717, 1.165) is 24.1 Å². The Morgan fingerprint density at radius 1 is 1.26 bits per heavy atom. The van der Waals surface area contributed by atoms with Gasteiger partial charge in [0, 0.05) is 13.6 Å². The van der Waals surface area contributed by atoms with Gasteiger partial charge in [0.05, 0.1) is 25.2 Å². The van der Waals surface area contributed by atoms with Crippen LogP contribution >= 0.6 is 0 Å². The van der Waals surface area contributed by atoms with E-state index in [1.807, 2.05) is 36.1 Å². The summed E-state index contributed by atoms with van der Waals surface area (Å²) in [5, 5.41) is 11.4. The van der Waals surface area contributed by atoms with Crippen LogP contribution in [-0.4, -0.2) is 74.3 Å². The molecule has 2 fully saturated rings. The monoisotopic (exact) mass is 370 g/mol. The summed E-state index contributed by atoms with van der Waals surface area (Å²) in [6.45, 7) is 3.53. The van der Waals surface area contributed by atoms with Gasteiger partial charge in [-0.3, -0.25) is 4.79 Å². The lowest BCUT2D eigenvalue weighted by molar-refractivity contribution is -0.136. The van der Waals surface area contributed by atoms with Crippen molar-refractivity contribution in [3.05, 3.63) is 35.7 Å². The van der Waals surface area contributed by atoms with E-state index in [1.54, 1.807) is 16.6 Å². The lowest BCUT2D eigenvalue weighted by Gasteiger charge is -2.38. The zero-order valence-corrected chi connectivity index (χ0v) is 15.5. The number of nitrogens with zero attached hydrogens (tertiary/aromatic N) is 6. The number of carbonyl (C=O) groups excluding carboxylic acids is 2. The van der Waals surface area contributed by atoms with E-state index in [4.69, 9.17) is 4.74 Å². The molecule has 27 heavy (non-hydrogen) atoms. The molecule has 2 aromatic rings. The van der Waals surface area contributed by atoms with Crippen LogP contribution in [-0.2, 0) is 16.0 Å². The second kappa shape index (κ2) is 6.64. The van der Waals surface area contributed by atoms with E-state index in [9.17, 15) is 9.59 Å². The van der Waals surface area contributed by atoms with E-state index in [1.165, 1.54) is 0 Å². The van der Waals surface area contributed by atoms with Gasteiger partial charge in [0.15, 0.2) is 5.82 Å². The first-order chi connectivity index (χ1) is 13.0. The molecule has 1 unspecified atom stereocenters. The molecule has 2 amide bonds. The van der Waals surface area contributed by atoms with Gasteiger partial charge in [0.2, 0.25) is 5.91 Å².